The molecule has 8 heteroatoms. The molecule has 1 rings (SSSR count). The first-order valence-electron chi connectivity index (χ1n) is 5.15. The molecule has 1 amide bonds. The fourth-order valence-corrected chi connectivity index (χ4v) is 2.69. The van der Waals surface area contributed by atoms with Crippen LogP contribution in [-0.2, 0) is 19.6 Å². The predicted molar refractivity (Wildman–Crippen MR) is 68.4 cm³/mol. The molecule has 0 bridgehead atoms. The fraction of sp³-hybridized carbons (Fsp3) is 0.400. The lowest BCUT2D eigenvalue weighted by atomic mass is 10.4. The molecule has 0 fully saturated rings. The first-order valence-corrected chi connectivity index (χ1v) is 7.43. The summed E-state index contributed by atoms with van der Waals surface area (Å²) in [6.45, 7) is 3.52. The largest absolute Gasteiger partial charge is 0.369 e. The Morgan fingerprint density at radius 3 is 2.78 bits per heavy atom. The van der Waals surface area contributed by atoms with Gasteiger partial charge >= 0.3 is 0 Å². The number of nitrogens with one attached hydrogen (secondary N) is 1. The number of halogens is 1. The minimum atomic E-state index is -3.92. The second-order valence-corrected chi connectivity index (χ2v) is 6.00. The van der Waals surface area contributed by atoms with Crippen LogP contribution >= 0.6 is 15.9 Å². The SMILES string of the molecule is CCOC(C)C(=O)NS(=O)(=O)c1cncc(Br)c1. The van der Waals surface area contributed by atoms with Crippen molar-refractivity contribution in [1.29, 1.82) is 0 Å². The van der Waals surface area contributed by atoms with Gasteiger partial charge in [0.15, 0.2) is 0 Å². The zero-order valence-corrected chi connectivity index (χ0v) is 12.3. The molecule has 6 nitrogen and oxygen atoms in total. The maximum Gasteiger partial charge on any atom is 0.265 e. The molecule has 0 aliphatic carbocycles. The summed E-state index contributed by atoms with van der Waals surface area (Å²) >= 11 is 3.11. The number of sulfonamides is 1. The van der Waals surface area contributed by atoms with Crippen LogP contribution in [0.4, 0.5) is 0 Å². The molecular weight excluding hydrogens is 324 g/mol. The van der Waals surface area contributed by atoms with Gasteiger partial charge in [0.25, 0.3) is 15.9 Å². The van der Waals surface area contributed by atoms with Crippen LogP contribution in [0.15, 0.2) is 27.8 Å². The Morgan fingerprint density at radius 2 is 2.22 bits per heavy atom. The number of ether oxygens (including phenoxy) is 1. The molecule has 0 saturated carbocycles. The van der Waals surface area contributed by atoms with E-state index in [9.17, 15) is 13.2 Å². The smallest absolute Gasteiger partial charge is 0.265 e. The molecule has 0 saturated heterocycles. The molecule has 0 radical (unpaired) electrons. The Bertz CT molecular complexity index is 532. The van der Waals surface area contributed by atoms with Crippen LogP contribution in [-0.4, -0.2) is 32.0 Å². The molecule has 100 valence electrons. The first-order chi connectivity index (χ1) is 8.36. The van der Waals surface area contributed by atoms with Crippen molar-refractivity contribution < 1.29 is 17.9 Å². The molecule has 1 aromatic heterocycles. The van der Waals surface area contributed by atoms with Gasteiger partial charge in [-0.25, -0.2) is 13.1 Å². The van der Waals surface area contributed by atoms with Gasteiger partial charge in [-0.05, 0) is 35.8 Å². The van der Waals surface area contributed by atoms with E-state index in [2.05, 4.69) is 20.9 Å². The van der Waals surface area contributed by atoms with E-state index in [0.29, 0.717) is 11.1 Å². The number of rotatable bonds is 5. The highest BCUT2D eigenvalue weighted by molar-refractivity contribution is 9.10. The zero-order valence-electron chi connectivity index (χ0n) is 9.88. The summed E-state index contributed by atoms with van der Waals surface area (Å²) < 4.78 is 31.2. The van der Waals surface area contributed by atoms with Gasteiger partial charge in [0.2, 0.25) is 0 Å². The number of pyridine rings is 1. The van der Waals surface area contributed by atoms with Crippen molar-refractivity contribution in [2.24, 2.45) is 0 Å². The number of nitrogens with zero attached hydrogens (tertiary/aromatic N) is 1. The van der Waals surface area contributed by atoms with E-state index in [1.54, 1.807) is 6.92 Å². The molecule has 0 aliphatic rings. The van der Waals surface area contributed by atoms with Crippen LogP contribution in [0.5, 0.6) is 0 Å². The third kappa shape index (κ3) is 4.04. The van der Waals surface area contributed by atoms with Gasteiger partial charge < -0.3 is 4.74 Å². The van der Waals surface area contributed by atoms with Gasteiger partial charge in [0.1, 0.15) is 11.0 Å². The normalized spacial score (nSPS) is 13.1. The topological polar surface area (TPSA) is 85.4 Å². The van der Waals surface area contributed by atoms with Gasteiger partial charge in [0.05, 0.1) is 0 Å². The Hall–Kier alpha value is -0.990. The van der Waals surface area contributed by atoms with Crippen molar-refractivity contribution in [1.82, 2.24) is 9.71 Å². The lowest BCUT2D eigenvalue weighted by molar-refractivity contribution is -0.129. The standard InChI is InChI=1S/C10H13BrN2O4S/c1-3-17-7(2)10(14)13-18(15,16)9-4-8(11)5-12-6-9/h4-7H,3H2,1-2H3,(H,13,14). The average Bonchev–Trinajstić information content (AvgIpc) is 2.28. The Labute approximate surface area is 114 Å². The van der Waals surface area contributed by atoms with Crippen LogP contribution in [0.3, 0.4) is 0 Å². The van der Waals surface area contributed by atoms with Crippen LogP contribution in [0.2, 0.25) is 0 Å². The number of hydrogen-bond donors (Lipinski definition) is 1. The summed E-state index contributed by atoms with van der Waals surface area (Å²) in [6, 6.07) is 1.36. The van der Waals surface area contributed by atoms with E-state index in [1.807, 2.05) is 4.72 Å². The van der Waals surface area contributed by atoms with E-state index in [4.69, 9.17) is 4.74 Å². The molecule has 0 aromatic carbocycles. The molecule has 0 aliphatic heterocycles. The molecule has 0 spiro atoms. The highest BCUT2D eigenvalue weighted by Gasteiger charge is 2.22. The lowest BCUT2D eigenvalue weighted by Gasteiger charge is -2.12. The van der Waals surface area contributed by atoms with E-state index in [0.717, 1.165) is 6.20 Å². The summed E-state index contributed by atoms with van der Waals surface area (Å²) in [5.74, 6) is -0.711. The predicted octanol–water partition coefficient (Wildman–Crippen LogP) is 1.07. The van der Waals surface area contributed by atoms with E-state index >= 15 is 0 Å². The van der Waals surface area contributed by atoms with Crippen molar-refractivity contribution >= 4 is 31.9 Å². The van der Waals surface area contributed by atoms with Crippen molar-refractivity contribution in [2.45, 2.75) is 24.8 Å². The molecule has 1 heterocycles. The van der Waals surface area contributed by atoms with Crippen LogP contribution in [0, 0.1) is 0 Å². The van der Waals surface area contributed by atoms with Crippen molar-refractivity contribution in [3.8, 4) is 0 Å². The molecule has 1 aromatic rings. The van der Waals surface area contributed by atoms with Crippen molar-refractivity contribution in [3.05, 3.63) is 22.9 Å². The highest BCUT2D eigenvalue weighted by atomic mass is 79.9. The Morgan fingerprint density at radius 1 is 1.56 bits per heavy atom. The van der Waals surface area contributed by atoms with Crippen molar-refractivity contribution in [2.75, 3.05) is 6.61 Å². The minimum absolute atomic E-state index is 0.0890. The number of aromatic nitrogens is 1. The third-order valence-corrected chi connectivity index (χ3v) is 3.76. The van der Waals surface area contributed by atoms with Gasteiger partial charge in [-0.1, -0.05) is 0 Å². The maximum absolute atomic E-state index is 11.9. The summed E-state index contributed by atoms with van der Waals surface area (Å²) in [7, 11) is -3.92. The van der Waals surface area contributed by atoms with Crippen LogP contribution < -0.4 is 4.72 Å². The Balaban J connectivity index is 2.86. The maximum atomic E-state index is 11.9. The molecular formula is C10H13BrN2O4S. The lowest BCUT2D eigenvalue weighted by Crippen LogP contribution is -2.38. The number of hydrogen-bond acceptors (Lipinski definition) is 5. The minimum Gasteiger partial charge on any atom is -0.369 e. The highest BCUT2D eigenvalue weighted by Crippen LogP contribution is 2.14. The number of carbonyl (C=O) groups excluding carboxylic acids is 1. The second-order valence-electron chi connectivity index (χ2n) is 3.41. The van der Waals surface area contributed by atoms with E-state index < -0.39 is 22.0 Å². The van der Waals surface area contributed by atoms with E-state index in [-0.39, 0.29) is 4.90 Å². The monoisotopic (exact) mass is 336 g/mol. The summed E-state index contributed by atoms with van der Waals surface area (Å²) in [5.41, 5.74) is 0. The van der Waals surface area contributed by atoms with Gasteiger partial charge in [-0.2, -0.15) is 0 Å². The molecule has 1 unspecified atom stereocenters. The van der Waals surface area contributed by atoms with Gasteiger partial charge in [0, 0.05) is 23.5 Å². The van der Waals surface area contributed by atoms with Crippen LogP contribution in [0.25, 0.3) is 0 Å². The summed E-state index contributed by atoms with van der Waals surface area (Å²) in [6.07, 6.45) is 1.78. The van der Waals surface area contributed by atoms with Gasteiger partial charge in [-0.15, -0.1) is 0 Å². The van der Waals surface area contributed by atoms with Crippen LogP contribution in [0.1, 0.15) is 13.8 Å². The fourth-order valence-electron chi connectivity index (χ4n) is 1.14. The Kier molecular flexibility index (Phi) is 5.24. The van der Waals surface area contributed by atoms with Gasteiger partial charge in [-0.3, -0.25) is 9.78 Å². The first kappa shape index (κ1) is 15.1. The second kappa shape index (κ2) is 6.26. The summed E-state index contributed by atoms with van der Waals surface area (Å²) in [4.78, 5) is 15.2. The molecule has 1 atom stereocenters. The third-order valence-electron chi connectivity index (χ3n) is 2.01. The zero-order chi connectivity index (χ0) is 13.8. The molecule has 1 N–H and O–H groups in total. The quantitative estimate of drug-likeness (QED) is 0.869. The number of carbonyl (C=O) groups is 1. The summed E-state index contributed by atoms with van der Waals surface area (Å²) in [5, 5.41) is 0. The average molecular weight is 337 g/mol. The number of amides is 1. The van der Waals surface area contributed by atoms with E-state index in [1.165, 1.54) is 19.2 Å². The van der Waals surface area contributed by atoms with Crippen molar-refractivity contribution in [3.63, 3.8) is 0 Å². The molecule has 18 heavy (non-hydrogen) atoms.